The molecule has 2 rings (SSSR count). The number of nitrogens with zero attached hydrogens (tertiary/aromatic N) is 1. The monoisotopic (exact) mass is 196 g/mol. The van der Waals surface area contributed by atoms with E-state index < -0.39 is 0 Å². The van der Waals surface area contributed by atoms with Crippen LogP contribution in [0.25, 0.3) is 0 Å². The average Bonchev–Trinajstić information content (AvgIpc) is 2.44. The van der Waals surface area contributed by atoms with Crippen LogP contribution in [-0.2, 0) is 19.4 Å². The van der Waals surface area contributed by atoms with Crippen molar-refractivity contribution in [3.05, 3.63) is 15.6 Å². The Labute approximate surface area is 83.4 Å². The van der Waals surface area contributed by atoms with Gasteiger partial charge in [0.2, 0.25) is 0 Å². The first-order valence-corrected chi connectivity index (χ1v) is 5.75. The molecule has 0 spiro atoms. The van der Waals surface area contributed by atoms with Crippen LogP contribution in [0.3, 0.4) is 0 Å². The molecule has 0 saturated carbocycles. The Bertz CT molecular complexity index is 268. The van der Waals surface area contributed by atoms with Crippen LogP contribution in [0.1, 0.15) is 29.4 Å². The van der Waals surface area contributed by atoms with Crippen molar-refractivity contribution in [1.29, 1.82) is 0 Å². The molecule has 1 aromatic heterocycles. The van der Waals surface area contributed by atoms with Gasteiger partial charge in [0.15, 0.2) is 0 Å². The number of thiazole rings is 1. The molecule has 0 fully saturated rings. The van der Waals surface area contributed by atoms with Gasteiger partial charge < -0.3 is 5.32 Å². The quantitative estimate of drug-likeness (QED) is 0.782. The van der Waals surface area contributed by atoms with Crippen LogP contribution < -0.4 is 5.32 Å². The number of fused-ring (bicyclic) bond motifs is 1. The van der Waals surface area contributed by atoms with Gasteiger partial charge in [-0.2, -0.15) is 0 Å². The molecule has 1 aliphatic rings. The standard InChI is InChI=1S/C10H16N2S/c1-7(2)5-10-12-8-6-11-4-3-9(8)13-10/h7,11H,3-6H2,1-2H3. The summed E-state index contributed by atoms with van der Waals surface area (Å²) in [7, 11) is 0. The Kier molecular flexibility index (Phi) is 2.65. The smallest absolute Gasteiger partial charge is 0.0934 e. The van der Waals surface area contributed by atoms with E-state index in [1.165, 1.54) is 22.0 Å². The van der Waals surface area contributed by atoms with E-state index in [2.05, 4.69) is 24.1 Å². The summed E-state index contributed by atoms with van der Waals surface area (Å²) in [6.07, 6.45) is 2.31. The fourth-order valence-corrected chi connectivity index (χ4v) is 2.91. The Morgan fingerprint density at radius 3 is 3.08 bits per heavy atom. The molecular weight excluding hydrogens is 180 g/mol. The first kappa shape index (κ1) is 9.16. The van der Waals surface area contributed by atoms with Crippen molar-refractivity contribution in [3.8, 4) is 0 Å². The minimum Gasteiger partial charge on any atom is -0.311 e. The summed E-state index contributed by atoms with van der Waals surface area (Å²) in [4.78, 5) is 6.16. The molecule has 0 amide bonds. The Morgan fingerprint density at radius 2 is 2.38 bits per heavy atom. The molecule has 0 atom stereocenters. The van der Waals surface area contributed by atoms with E-state index in [-0.39, 0.29) is 0 Å². The van der Waals surface area contributed by atoms with Crippen molar-refractivity contribution in [1.82, 2.24) is 10.3 Å². The fraction of sp³-hybridized carbons (Fsp3) is 0.700. The second kappa shape index (κ2) is 3.76. The van der Waals surface area contributed by atoms with Crippen molar-refractivity contribution >= 4 is 11.3 Å². The summed E-state index contributed by atoms with van der Waals surface area (Å²) in [5.74, 6) is 0.723. The second-order valence-electron chi connectivity index (χ2n) is 4.00. The van der Waals surface area contributed by atoms with E-state index in [0.717, 1.165) is 25.4 Å². The lowest BCUT2D eigenvalue weighted by Crippen LogP contribution is -2.22. The van der Waals surface area contributed by atoms with E-state index in [0.29, 0.717) is 0 Å². The van der Waals surface area contributed by atoms with Gasteiger partial charge in [0.1, 0.15) is 0 Å². The molecule has 1 N–H and O–H groups in total. The summed E-state index contributed by atoms with van der Waals surface area (Å²) in [6.45, 7) is 6.59. The zero-order valence-corrected chi connectivity index (χ0v) is 9.08. The number of nitrogens with one attached hydrogen (secondary N) is 1. The largest absolute Gasteiger partial charge is 0.311 e. The maximum atomic E-state index is 4.65. The lowest BCUT2D eigenvalue weighted by molar-refractivity contribution is 0.623. The highest BCUT2D eigenvalue weighted by Gasteiger charge is 2.14. The normalized spacial score (nSPS) is 16.2. The van der Waals surface area contributed by atoms with Crippen LogP contribution in [-0.4, -0.2) is 11.5 Å². The van der Waals surface area contributed by atoms with Gasteiger partial charge in [-0.25, -0.2) is 4.98 Å². The van der Waals surface area contributed by atoms with Gasteiger partial charge in [0.25, 0.3) is 0 Å². The van der Waals surface area contributed by atoms with Gasteiger partial charge in [-0.1, -0.05) is 13.8 Å². The van der Waals surface area contributed by atoms with E-state index in [9.17, 15) is 0 Å². The molecule has 0 aromatic carbocycles. The van der Waals surface area contributed by atoms with Gasteiger partial charge in [-0.05, 0) is 12.3 Å². The van der Waals surface area contributed by atoms with Gasteiger partial charge in [0, 0.05) is 24.4 Å². The topological polar surface area (TPSA) is 24.9 Å². The first-order valence-electron chi connectivity index (χ1n) is 4.94. The average molecular weight is 196 g/mol. The highest BCUT2D eigenvalue weighted by atomic mass is 32.1. The van der Waals surface area contributed by atoms with Gasteiger partial charge in [0.05, 0.1) is 10.7 Å². The predicted molar refractivity (Wildman–Crippen MR) is 56.1 cm³/mol. The van der Waals surface area contributed by atoms with Crippen LogP contribution in [0.15, 0.2) is 0 Å². The van der Waals surface area contributed by atoms with Crippen molar-refractivity contribution < 1.29 is 0 Å². The first-order chi connectivity index (χ1) is 6.25. The molecule has 0 aliphatic carbocycles. The van der Waals surface area contributed by atoms with E-state index >= 15 is 0 Å². The van der Waals surface area contributed by atoms with E-state index in [1.54, 1.807) is 0 Å². The van der Waals surface area contributed by atoms with Crippen LogP contribution in [0.5, 0.6) is 0 Å². The van der Waals surface area contributed by atoms with Crippen LogP contribution in [0.4, 0.5) is 0 Å². The minimum absolute atomic E-state index is 0.723. The zero-order chi connectivity index (χ0) is 9.26. The second-order valence-corrected chi connectivity index (χ2v) is 5.17. The molecule has 0 bridgehead atoms. The third kappa shape index (κ3) is 2.09. The third-order valence-electron chi connectivity index (χ3n) is 2.23. The maximum absolute atomic E-state index is 4.65. The summed E-state index contributed by atoms with van der Waals surface area (Å²) in [5, 5.41) is 4.67. The number of rotatable bonds is 2. The minimum atomic E-state index is 0.723. The summed E-state index contributed by atoms with van der Waals surface area (Å²) in [5.41, 5.74) is 1.30. The van der Waals surface area contributed by atoms with E-state index in [1.807, 2.05) is 11.3 Å². The molecule has 1 aliphatic heterocycles. The molecule has 13 heavy (non-hydrogen) atoms. The van der Waals surface area contributed by atoms with Crippen LogP contribution in [0.2, 0.25) is 0 Å². The highest BCUT2D eigenvalue weighted by molar-refractivity contribution is 7.11. The number of hydrogen-bond acceptors (Lipinski definition) is 3. The molecular formula is C10H16N2S. The van der Waals surface area contributed by atoms with Crippen molar-refractivity contribution in [2.24, 2.45) is 5.92 Å². The van der Waals surface area contributed by atoms with Crippen molar-refractivity contribution in [3.63, 3.8) is 0 Å². The van der Waals surface area contributed by atoms with Gasteiger partial charge in [-0.3, -0.25) is 0 Å². The Hall–Kier alpha value is -0.410. The Morgan fingerprint density at radius 1 is 1.54 bits per heavy atom. The molecule has 0 unspecified atom stereocenters. The van der Waals surface area contributed by atoms with E-state index in [4.69, 9.17) is 0 Å². The van der Waals surface area contributed by atoms with Crippen molar-refractivity contribution in [2.45, 2.75) is 33.2 Å². The summed E-state index contributed by atoms with van der Waals surface area (Å²) in [6, 6.07) is 0. The lowest BCUT2D eigenvalue weighted by atomic mass is 10.1. The van der Waals surface area contributed by atoms with Gasteiger partial charge >= 0.3 is 0 Å². The highest BCUT2D eigenvalue weighted by Crippen LogP contribution is 2.23. The molecule has 2 nitrogen and oxygen atoms in total. The van der Waals surface area contributed by atoms with Gasteiger partial charge in [-0.15, -0.1) is 11.3 Å². The summed E-state index contributed by atoms with van der Waals surface area (Å²) < 4.78 is 0. The molecule has 72 valence electrons. The van der Waals surface area contributed by atoms with Crippen LogP contribution >= 0.6 is 11.3 Å². The number of hydrogen-bond donors (Lipinski definition) is 1. The maximum Gasteiger partial charge on any atom is 0.0934 e. The van der Waals surface area contributed by atoms with Crippen molar-refractivity contribution in [2.75, 3.05) is 6.54 Å². The lowest BCUT2D eigenvalue weighted by Gasteiger charge is -2.09. The Balaban J connectivity index is 2.15. The summed E-state index contributed by atoms with van der Waals surface area (Å²) >= 11 is 1.91. The molecule has 0 radical (unpaired) electrons. The number of aromatic nitrogens is 1. The predicted octanol–water partition coefficient (Wildman–Crippen LogP) is 1.99. The zero-order valence-electron chi connectivity index (χ0n) is 8.26. The molecule has 2 heterocycles. The fourth-order valence-electron chi connectivity index (χ4n) is 1.62. The molecule has 3 heteroatoms. The SMILES string of the molecule is CC(C)Cc1nc2c(s1)CCNC2. The van der Waals surface area contributed by atoms with Crippen LogP contribution in [0, 0.1) is 5.92 Å². The molecule has 1 aromatic rings. The third-order valence-corrected chi connectivity index (χ3v) is 3.41. The molecule has 0 saturated heterocycles.